The first-order chi connectivity index (χ1) is 13.2. The lowest BCUT2D eigenvalue weighted by Crippen LogP contribution is -2.46. The number of aromatic nitrogens is 4. The molecule has 0 bridgehead atoms. The summed E-state index contributed by atoms with van der Waals surface area (Å²) in [5.41, 5.74) is 1.62. The summed E-state index contributed by atoms with van der Waals surface area (Å²) in [4.78, 5) is 5.53. The third-order valence-corrected chi connectivity index (χ3v) is 6.22. The molecule has 1 fully saturated rings. The topological polar surface area (TPSA) is 49.6 Å². The molecule has 0 radical (unpaired) electrons. The van der Waals surface area contributed by atoms with Crippen molar-refractivity contribution in [1.82, 2.24) is 24.7 Å². The van der Waals surface area contributed by atoms with Gasteiger partial charge in [-0.25, -0.2) is 0 Å². The molecule has 1 aliphatic heterocycles. The van der Waals surface area contributed by atoms with E-state index < -0.39 is 12.0 Å². The molecule has 6 nitrogen and oxygen atoms in total. The van der Waals surface area contributed by atoms with Crippen LogP contribution in [0.4, 0.5) is 19.0 Å². The summed E-state index contributed by atoms with van der Waals surface area (Å²) >= 11 is 7.55. The Hall–Kier alpha value is -1.91. The first kappa shape index (κ1) is 19.4. The van der Waals surface area contributed by atoms with Crippen LogP contribution in [0.15, 0.2) is 12.1 Å². The van der Waals surface area contributed by atoms with Crippen LogP contribution in [0.3, 0.4) is 0 Å². The Morgan fingerprint density at radius 3 is 2.39 bits per heavy atom. The normalized spacial score (nSPS) is 16.3. The SMILES string of the molecule is Cc1c(N2CCN(Cc3ccc(Cl)s3)CC2)nn2c(C(F)(F)F)nnc2c1C. The zero-order valence-electron chi connectivity index (χ0n) is 15.3. The van der Waals surface area contributed by atoms with Crippen molar-refractivity contribution in [2.24, 2.45) is 0 Å². The maximum absolute atomic E-state index is 13.2. The summed E-state index contributed by atoms with van der Waals surface area (Å²) in [5, 5.41) is 11.3. The molecule has 4 rings (SSSR count). The van der Waals surface area contributed by atoms with E-state index in [1.54, 1.807) is 18.3 Å². The highest BCUT2D eigenvalue weighted by Gasteiger charge is 2.38. The standard InChI is InChI=1S/C17H18ClF3N6S/c1-10-11(2)15(24-27-14(10)22-23-16(27)17(19,20)21)26-7-5-25(6-8-26)9-12-3-4-13(18)28-12/h3-4H,5-9H2,1-2H3. The fraction of sp³-hybridized carbons (Fsp3) is 0.471. The number of halogens is 4. The van der Waals surface area contributed by atoms with Crippen molar-refractivity contribution in [3.8, 4) is 0 Å². The van der Waals surface area contributed by atoms with E-state index in [2.05, 4.69) is 20.2 Å². The van der Waals surface area contributed by atoms with Crippen LogP contribution in [-0.4, -0.2) is 50.9 Å². The number of piperazine rings is 1. The summed E-state index contributed by atoms with van der Waals surface area (Å²) in [6.07, 6.45) is -4.61. The minimum Gasteiger partial charge on any atom is -0.352 e. The van der Waals surface area contributed by atoms with Gasteiger partial charge in [0.25, 0.3) is 5.82 Å². The molecule has 3 aromatic rings. The summed E-state index contributed by atoms with van der Waals surface area (Å²) in [5.74, 6) is -0.547. The fourth-order valence-corrected chi connectivity index (χ4v) is 4.50. The lowest BCUT2D eigenvalue weighted by Gasteiger charge is -2.36. The Bertz CT molecular complexity index is 1010. The molecule has 0 spiro atoms. The quantitative estimate of drug-likeness (QED) is 0.632. The highest BCUT2D eigenvalue weighted by Crippen LogP contribution is 2.31. The molecule has 150 valence electrons. The molecule has 0 N–H and O–H groups in total. The van der Waals surface area contributed by atoms with Crippen LogP contribution in [0.2, 0.25) is 4.34 Å². The molecule has 0 amide bonds. The van der Waals surface area contributed by atoms with Crippen LogP contribution < -0.4 is 4.90 Å². The van der Waals surface area contributed by atoms with Crippen molar-refractivity contribution >= 4 is 34.4 Å². The van der Waals surface area contributed by atoms with Gasteiger partial charge in [0, 0.05) is 48.7 Å². The number of nitrogens with zero attached hydrogens (tertiary/aromatic N) is 6. The van der Waals surface area contributed by atoms with Crippen LogP contribution in [0.1, 0.15) is 21.8 Å². The van der Waals surface area contributed by atoms with Crippen molar-refractivity contribution in [2.45, 2.75) is 26.6 Å². The van der Waals surface area contributed by atoms with Gasteiger partial charge in [-0.15, -0.1) is 26.6 Å². The summed E-state index contributed by atoms with van der Waals surface area (Å²) in [6, 6.07) is 3.91. The van der Waals surface area contributed by atoms with Gasteiger partial charge in [0.2, 0.25) is 0 Å². The molecule has 3 aromatic heterocycles. The number of thiophene rings is 1. The molecule has 0 aliphatic carbocycles. The molecule has 4 heterocycles. The predicted molar refractivity (Wildman–Crippen MR) is 102 cm³/mol. The highest BCUT2D eigenvalue weighted by atomic mass is 35.5. The van der Waals surface area contributed by atoms with Gasteiger partial charge in [0.05, 0.1) is 4.34 Å². The van der Waals surface area contributed by atoms with E-state index in [4.69, 9.17) is 11.6 Å². The summed E-state index contributed by atoms with van der Waals surface area (Å²) < 4.78 is 41.3. The molecule has 11 heteroatoms. The van der Waals surface area contributed by atoms with E-state index in [-0.39, 0.29) is 5.65 Å². The Morgan fingerprint density at radius 2 is 1.79 bits per heavy atom. The Morgan fingerprint density at radius 1 is 1.07 bits per heavy atom. The van der Waals surface area contributed by atoms with Crippen molar-refractivity contribution in [3.63, 3.8) is 0 Å². The van der Waals surface area contributed by atoms with Crippen LogP contribution in [-0.2, 0) is 12.7 Å². The van der Waals surface area contributed by atoms with Crippen LogP contribution >= 0.6 is 22.9 Å². The van der Waals surface area contributed by atoms with Gasteiger partial charge in [0.15, 0.2) is 11.5 Å². The fourth-order valence-electron chi connectivity index (χ4n) is 3.37. The van der Waals surface area contributed by atoms with E-state index in [0.717, 1.165) is 34.0 Å². The van der Waals surface area contributed by atoms with E-state index in [0.29, 0.717) is 24.5 Å². The van der Waals surface area contributed by atoms with Crippen LogP contribution in [0, 0.1) is 13.8 Å². The minimum atomic E-state index is -4.61. The number of anilines is 1. The van der Waals surface area contributed by atoms with Crippen molar-refractivity contribution in [1.29, 1.82) is 0 Å². The first-order valence-corrected chi connectivity index (χ1v) is 9.95. The largest absolute Gasteiger partial charge is 0.453 e. The Kier molecular flexibility index (Phi) is 4.96. The first-order valence-electron chi connectivity index (χ1n) is 8.75. The molecule has 0 saturated carbocycles. The third kappa shape index (κ3) is 3.56. The molecule has 0 unspecified atom stereocenters. The van der Waals surface area contributed by atoms with Crippen molar-refractivity contribution in [2.75, 3.05) is 31.1 Å². The smallest absolute Gasteiger partial charge is 0.352 e. The number of fused-ring (bicyclic) bond motifs is 1. The zero-order valence-corrected chi connectivity index (χ0v) is 16.9. The second-order valence-electron chi connectivity index (χ2n) is 6.80. The molecule has 28 heavy (non-hydrogen) atoms. The predicted octanol–water partition coefficient (Wildman–Crippen LogP) is 3.80. The third-order valence-electron chi connectivity index (χ3n) is 5.00. The molecular weight excluding hydrogens is 413 g/mol. The maximum atomic E-state index is 13.2. The number of hydrogen-bond donors (Lipinski definition) is 0. The van der Waals surface area contributed by atoms with Gasteiger partial charge in [0.1, 0.15) is 0 Å². The molecule has 1 saturated heterocycles. The van der Waals surface area contributed by atoms with Crippen molar-refractivity contribution < 1.29 is 13.2 Å². The zero-order chi connectivity index (χ0) is 20.1. The average Bonchev–Trinajstić information content (AvgIpc) is 3.25. The van der Waals surface area contributed by atoms with Crippen molar-refractivity contribution in [3.05, 3.63) is 38.3 Å². The number of aryl methyl sites for hydroxylation is 1. The Labute approximate surface area is 168 Å². The lowest BCUT2D eigenvalue weighted by atomic mass is 10.1. The molecule has 0 atom stereocenters. The van der Waals surface area contributed by atoms with Gasteiger partial charge in [-0.05, 0) is 26.0 Å². The number of alkyl halides is 3. The molecule has 1 aliphatic rings. The van der Waals surface area contributed by atoms with E-state index in [9.17, 15) is 13.2 Å². The van der Waals surface area contributed by atoms with Crippen LogP contribution in [0.5, 0.6) is 0 Å². The van der Waals surface area contributed by atoms with Gasteiger partial charge < -0.3 is 4.90 Å². The molecular formula is C17H18ClF3N6S. The van der Waals surface area contributed by atoms with Gasteiger partial charge in [-0.1, -0.05) is 11.6 Å². The highest BCUT2D eigenvalue weighted by molar-refractivity contribution is 7.16. The summed E-state index contributed by atoms with van der Waals surface area (Å²) in [6.45, 7) is 7.38. The second-order valence-corrected chi connectivity index (χ2v) is 8.60. The number of rotatable bonds is 3. The lowest BCUT2D eigenvalue weighted by molar-refractivity contribution is -0.146. The van der Waals surface area contributed by atoms with Crippen LogP contribution in [0.25, 0.3) is 5.65 Å². The van der Waals surface area contributed by atoms with E-state index in [1.807, 2.05) is 24.0 Å². The monoisotopic (exact) mass is 430 g/mol. The minimum absolute atomic E-state index is 0.141. The van der Waals surface area contributed by atoms with Gasteiger partial charge >= 0.3 is 6.18 Å². The van der Waals surface area contributed by atoms with E-state index in [1.165, 1.54) is 4.88 Å². The number of hydrogen-bond acceptors (Lipinski definition) is 6. The molecule has 0 aromatic carbocycles. The van der Waals surface area contributed by atoms with Gasteiger partial charge in [-0.2, -0.15) is 17.7 Å². The Balaban J connectivity index is 1.57. The summed E-state index contributed by atoms with van der Waals surface area (Å²) in [7, 11) is 0. The average molecular weight is 431 g/mol. The maximum Gasteiger partial charge on any atom is 0.453 e. The van der Waals surface area contributed by atoms with Gasteiger partial charge in [-0.3, -0.25) is 4.90 Å². The van der Waals surface area contributed by atoms with E-state index >= 15 is 0 Å². The second kappa shape index (κ2) is 7.16.